The molecule has 0 saturated carbocycles. The van der Waals surface area contributed by atoms with E-state index in [4.69, 9.17) is 27.1 Å². The molecule has 3 N–H and O–H groups in total. The molecular formula is C28H23ClN6O3. The van der Waals surface area contributed by atoms with E-state index in [1.54, 1.807) is 48.7 Å². The second-order valence-electron chi connectivity index (χ2n) is 8.49. The van der Waals surface area contributed by atoms with Crippen LogP contribution in [0.25, 0.3) is 28.2 Å². The van der Waals surface area contributed by atoms with E-state index in [1.807, 2.05) is 34.9 Å². The molecular weight excluding hydrogens is 504 g/mol. The maximum Gasteiger partial charge on any atom is 0.309 e. The van der Waals surface area contributed by atoms with Gasteiger partial charge in [-0.25, -0.2) is 15.0 Å². The third-order valence-electron chi connectivity index (χ3n) is 5.96. The Morgan fingerprint density at radius 1 is 1.00 bits per heavy atom. The Morgan fingerprint density at radius 3 is 2.58 bits per heavy atom. The van der Waals surface area contributed by atoms with Crippen molar-refractivity contribution in [3.8, 4) is 17.1 Å². The van der Waals surface area contributed by atoms with Crippen LogP contribution in [0.4, 0.5) is 5.82 Å². The second-order valence-corrected chi connectivity index (χ2v) is 8.87. The van der Waals surface area contributed by atoms with Crippen molar-refractivity contribution in [2.75, 3.05) is 12.8 Å². The highest BCUT2D eigenvalue weighted by atomic mass is 35.5. The number of carbonyl (C=O) groups excluding carboxylic acids is 2. The van der Waals surface area contributed by atoms with Gasteiger partial charge in [0.2, 0.25) is 0 Å². The van der Waals surface area contributed by atoms with Crippen molar-refractivity contribution in [3.05, 3.63) is 101 Å². The standard InChI is InChI=1S/C28H23ClN6O3/c1-38-24(36)15-18-4-2-5-19(14-18)28(37)32-16-17-7-9-20(10-8-17)35-26(21-6-3-13-31-25(21)30)33-22-11-12-23(29)34-27(22)35/h2-14H,15-16H2,1H3,(H2,30,31)(H,32,37). The number of imidazole rings is 1. The summed E-state index contributed by atoms with van der Waals surface area (Å²) in [6.45, 7) is 0.317. The molecule has 0 spiro atoms. The van der Waals surface area contributed by atoms with Crippen molar-refractivity contribution >= 4 is 40.5 Å². The topological polar surface area (TPSA) is 125 Å². The summed E-state index contributed by atoms with van der Waals surface area (Å²) >= 11 is 6.20. The summed E-state index contributed by atoms with van der Waals surface area (Å²) in [6, 6.07) is 21.7. The van der Waals surface area contributed by atoms with E-state index in [9.17, 15) is 9.59 Å². The van der Waals surface area contributed by atoms with Crippen molar-refractivity contribution in [2.24, 2.45) is 0 Å². The van der Waals surface area contributed by atoms with Crippen LogP contribution in [-0.2, 0) is 22.5 Å². The van der Waals surface area contributed by atoms with E-state index >= 15 is 0 Å². The number of esters is 1. The second kappa shape index (κ2) is 10.7. The smallest absolute Gasteiger partial charge is 0.309 e. The van der Waals surface area contributed by atoms with Crippen LogP contribution in [-0.4, -0.2) is 38.5 Å². The van der Waals surface area contributed by atoms with Gasteiger partial charge < -0.3 is 15.8 Å². The summed E-state index contributed by atoms with van der Waals surface area (Å²) in [6.07, 6.45) is 1.73. The van der Waals surface area contributed by atoms with Gasteiger partial charge in [-0.1, -0.05) is 35.9 Å². The molecule has 190 valence electrons. The lowest BCUT2D eigenvalue weighted by atomic mass is 10.1. The molecule has 0 aliphatic heterocycles. The van der Waals surface area contributed by atoms with Crippen molar-refractivity contribution in [2.45, 2.75) is 13.0 Å². The molecule has 3 aromatic heterocycles. The zero-order chi connectivity index (χ0) is 26.6. The number of anilines is 1. The molecule has 9 nitrogen and oxygen atoms in total. The minimum absolute atomic E-state index is 0.106. The number of methoxy groups -OCH3 is 1. The Balaban J connectivity index is 1.39. The van der Waals surface area contributed by atoms with Crippen LogP contribution in [0.3, 0.4) is 0 Å². The summed E-state index contributed by atoms with van der Waals surface area (Å²) < 4.78 is 6.58. The summed E-state index contributed by atoms with van der Waals surface area (Å²) in [4.78, 5) is 37.7. The van der Waals surface area contributed by atoms with Gasteiger partial charge in [0.15, 0.2) is 11.5 Å². The minimum Gasteiger partial charge on any atom is -0.469 e. The SMILES string of the molecule is COC(=O)Cc1cccc(C(=O)NCc2ccc(-n3c(-c4cccnc4N)nc4ccc(Cl)nc43)cc2)c1. The number of nitrogens with two attached hydrogens (primary N) is 1. The van der Waals surface area contributed by atoms with Gasteiger partial charge in [0, 0.05) is 24.0 Å². The molecule has 3 heterocycles. The Kier molecular flexibility index (Phi) is 7.01. The van der Waals surface area contributed by atoms with E-state index < -0.39 is 0 Å². The number of amides is 1. The predicted octanol–water partition coefficient (Wildman–Crippen LogP) is 4.36. The van der Waals surface area contributed by atoms with E-state index in [2.05, 4.69) is 15.3 Å². The maximum absolute atomic E-state index is 12.7. The van der Waals surface area contributed by atoms with Gasteiger partial charge in [0.1, 0.15) is 16.5 Å². The molecule has 1 amide bonds. The molecule has 0 bridgehead atoms. The predicted molar refractivity (Wildman–Crippen MR) is 145 cm³/mol. The molecule has 38 heavy (non-hydrogen) atoms. The lowest BCUT2D eigenvalue weighted by molar-refractivity contribution is -0.139. The number of aromatic nitrogens is 4. The fourth-order valence-corrected chi connectivity index (χ4v) is 4.22. The van der Waals surface area contributed by atoms with E-state index in [-0.39, 0.29) is 18.3 Å². The van der Waals surface area contributed by atoms with Crippen LogP contribution in [0, 0.1) is 0 Å². The fourth-order valence-electron chi connectivity index (χ4n) is 4.07. The largest absolute Gasteiger partial charge is 0.469 e. The number of carbonyl (C=O) groups is 2. The van der Waals surface area contributed by atoms with E-state index in [0.717, 1.165) is 11.3 Å². The molecule has 0 saturated heterocycles. The lowest BCUT2D eigenvalue weighted by Crippen LogP contribution is -2.23. The van der Waals surface area contributed by atoms with Crippen LogP contribution in [0.2, 0.25) is 5.15 Å². The number of fused-ring (bicyclic) bond motifs is 1. The number of hydrogen-bond donors (Lipinski definition) is 2. The average Bonchev–Trinajstić information content (AvgIpc) is 3.30. The third-order valence-corrected chi connectivity index (χ3v) is 6.17. The maximum atomic E-state index is 12.7. The average molecular weight is 527 g/mol. The molecule has 0 unspecified atom stereocenters. The highest BCUT2D eigenvalue weighted by Crippen LogP contribution is 2.30. The number of nitrogens with one attached hydrogen (secondary N) is 1. The highest BCUT2D eigenvalue weighted by Gasteiger charge is 2.18. The number of nitrogens with zero attached hydrogens (tertiary/aromatic N) is 4. The van der Waals surface area contributed by atoms with Crippen LogP contribution in [0.1, 0.15) is 21.5 Å². The number of ether oxygens (including phenoxy) is 1. The van der Waals surface area contributed by atoms with E-state index in [0.29, 0.717) is 51.2 Å². The first-order valence-electron chi connectivity index (χ1n) is 11.7. The first kappa shape index (κ1) is 24.9. The van der Waals surface area contributed by atoms with Crippen LogP contribution in [0.5, 0.6) is 0 Å². The molecule has 5 rings (SSSR count). The van der Waals surface area contributed by atoms with Crippen LogP contribution >= 0.6 is 11.6 Å². The fraction of sp³-hybridized carbons (Fsp3) is 0.107. The van der Waals surface area contributed by atoms with Gasteiger partial charge in [0.05, 0.1) is 19.1 Å². The number of rotatable bonds is 7. The quantitative estimate of drug-likeness (QED) is 0.238. The van der Waals surface area contributed by atoms with Gasteiger partial charge in [-0.3, -0.25) is 14.2 Å². The summed E-state index contributed by atoms with van der Waals surface area (Å²) in [5.41, 5.74) is 10.9. The Morgan fingerprint density at radius 2 is 1.82 bits per heavy atom. The van der Waals surface area contributed by atoms with Crippen molar-refractivity contribution < 1.29 is 14.3 Å². The van der Waals surface area contributed by atoms with Crippen molar-refractivity contribution in [1.82, 2.24) is 24.8 Å². The lowest BCUT2D eigenvalue weighted by Gasteiger charge is -2.11. The van der Waals surface area contributed by atoms with E-state index in [1.165, 1.54) is 7.11 Å². The van der Waals surface area contributed by atoms with Gasteiger partial charge in [0.25, 0.3) is 5.91 Å². The molecule has 0 radical (unpaired) electrons. The number of pyridine rings is 2. The van der Waals surface area contributed by atoms with Crippen LogP contribution < -0.4 is 11.1 Å². The molecule has 10 heteroatoms. The van der Waals surface area contributed by atoms with Gasteiger partial charge >= 0.3 is 5.97 Å². The summed E-state index contributed by atoms with van der Waals surface area (Å²) in [5.74, 6) is 0.341. The van der Waals surface area contributed by atoms with Crippen LogP contribution in [0.15, 0.2) is 79.0 Å². The molecule has 0 aliphatic carbocycles. The van der Waals surface area contributed by atoms with Crippen molar-refractivity contribution in [3.63, 3.8) is 0 Å². The molecule has 0 fully saturated rings. The monoisotopic (exact) mass is 526 g/mol. The Bertz CT molecular complexity index is 1650. The number of nitrogen functional groups attached to an aromatic ring is 1. The van der Waals surface area contributed by atoms with Gasteiger partial charge in [-0.15, -0.1) is 0 Å². The first-order chi connectivity index (χ1) is 18.4. The third kappa shape index (κ3) is 5.18. The number of halogens is 1. The minimum atomic E-state index is -0.361. The molecule has 0 atom stereocenters. The molecule has 0 aliphatic rings. The normalized spacial score (nSPS) is 10.9. The zero-order valence-electron chi connectivity index (χ0n) is 20.4. The summed E-state index contributed by atoms with van der Waals surface area (Å²) in [7, 11) is 1.33. The summed E-state index contributed by atoms with van der Waals surface area (Å²) in [5, 5.41) is 3.26. The molecule has 2 aromatic carbocycles. The molecule has 5 aromatic rings. The Hall–Kier alpha value is -4.76. The number of hydrogen-bond acceptors (Lipinski definition) is 7. The Labute approximate surface area is 223 Å². The highest BCUT2D eigenvalue weighted by molar-refractivity contribution is 6.29. The van der Waals surface area contributed by atoms with Gasteiger partial charge in [-0.2, -0.15) is 0 Å². The zero-order valence-corrected chi connectivity index (χ0v) is 21.1. The van der Waals surface area contributed by atoms with Crippen molar-refractivity contribution in [1.29, 1.82) is 0 Å². The van der Waals surface area contributed by atoms with Gasteiger partial charge in [-0.05, 0) is 59.7 Å². The first-order valence-corrected chi connectivity index (χ1v) is 12.1. The number of benzene rings is 2.